The number of nitrogens with zero attached hydrogens (tertiary/aromatic N) is 6. The zero-order valence-corrected chi connectivity index (χ0v) is 15.8. The highest BCUT2D eigenvalue weighted by Crippen LogP contribution is 2.06. The van der Waals surface area contributed by atoms with Crippen LogP contribution in [0.25, 0.3) is 10.9 Å². The predicted molar refractivity (Wildman–Crippen MR) is 106 cm³/mol. The van der Waals surface area contributed by atoms with Crippen LogP contribution in [0.3, 0.4) is 0 Å². The minimum atomic E-state index is -0.160. The molecule has 10 nitrogen and oxygen atoms in total. The molecule has 0 fully saturated rings. The van der Waals surface area contributed by atoms with Gasteiger partial charge in [0.1, 0.15) is 0 Å². The summed E-state index contributed by atoms with van der Waals surface area (Å²) in [5.74, 6) is 0.762. The zero-order valence-electron chi connectivity index (χ0n) is 15.8. The van der Waals surface area contributed by atoms with Crippen molar-refractivity contribution in [3.8, 4) is 0 Å². The molecule has 146 valence electrons. The van der Waals surface area contributed by atoms with Crippen LogP contribution < -0.4 is 21.5 Å². The lowest BCUT2D eigenvalue weighted by molar-refractivity contribution is -0.121. The average molecular weight is 382 g/mol. The summed E-state index contributed by atoms with van der Waals surface area (Å²) >= 11 is 0. The Morgan fingerprint density at radius 3 is 2.79 bits per heavy atom. The van der Waals surface area contributed by atoms with Crippen molar-refractivity contribution in [3.05, 3.63) is 46.8 Å². The highest BCUT2D eigenvalue weighted by Gasteiger charge is 2.09. The van der Waals surface area contributed by atoms with Crippen LogP contribution >= 0.6 is 0 Å². The van der Waals surface area contributed by atoms with Gasteiger partial charge in [-0.1, -0.05) is 12.1 Å². The Hall–Kier alpha value is -3.56. The van der Waals surface area contributed by atoms with E-state index in [-0.39, 0.29) is 30.4 Å². The number of anilines is 2. The molecule has 0 bridgehead atoms. The summed E-state index contributed by atoms with van der Waals surface area (Å²) in [5.41, 5.74) is 6.22. The Bertz CT molecular complexity index is 1050. The first-order chi connectivity index (χ1) is 13.4. The second kappa shape index (κ2) is 8.42. The smallest absolute Gasteiger partial charge is 0.261 e. The van der Waals surface area contributed by atoms with Gasteiger partial charge in [-0.25, -0.2) is 4.98 Å². The molecule has 2 heterocycles. The fraction of sp³-hybridized carbons (Fsp3) is 0.333. The fourth-order valence-corrected chi connectivity index (χ4v) is 2.65. The summed E-state index contributed by atoms with van der Waals surface area (Å²) in [6.07, 6.45) is 2.29. The Labute approximate surface area is 161 Å². The van der Waals surface area contributed by atoms with Crippen LogP contribution in [0, 0.1) is 0 Å². The number of nitrogen functional groups attached to an aromatic ring is 1. The molecule has 3 aromatic rings. The Kier molecular flexibility index (Phi) is 5.78. The highest BCUT2D eigenvalue weighted by atomic mass is 16.1. The number of aryl methyl sites for hydroxylation is 1. The lowest BCUT2D eigenvalue weighted by Crippen LogP contribution is -2.26. The second-order valence-corrected chi connectivity index (χ2v) is 6.44. The van der Waals surface area contributed by atoms with Crippen molar-refractivity contribution in [1.29, 1.82) is 0 Å². The van der Waals surface area contributed by atoms with Crippen LogP contribution in [0.2, 0.25) is 0 Å². The number of carbonyl (C=O) groups is 1. The van der Waals surface area contributed by atoms with Gasteiger partial charge >= 0.3 is 0 Å². The first-order valence-electron chi connectivity index (χ1n) is 8.82. The molecule has 3 N–H and O–H groups in total. The van der Waals surface area contributed by atoms with Gasteiger partial charge in [0, 0.05) is 27.1 Å². The number of nitrogens with one attached hydrogen (secondary N) is 1. The maximum Gasteiger partial charge on any atom is 0.261 e. The number of benzene rings is 1. The maximum absolute atomic E-state index is 12.4. The number of amides is 1. The molecule has 1 aromatic carbocycles. The van der Waals surface area contributed by atoms with Gasteiger partial charge in [0.2, 0.25) is 17.8 Å². The molecule has 0 unspecified atom stereocenters. The van der Waals surface area contributed by atoms with Crippen molar-refractivity contribution in [3.63, 3.8) is 0 Å². The molecular weight excluding hydrogens is 360 g/mol. The predicted octanol–water partition coefficient (Wildman–Crippen LogP) is 0.326. The van der Waals surface area contributed by atoms with Gasteiger partial charge in [-0.05, 0) is 18.6 Å². The quantitative estimate of drug-likeness (QED) is 0.597. The van der Waals surface area contributed by atoms with Crippen LogP contribution in [0.15, 0.2) is 35.4 Å². The van der Waals surface area contributed by atoms with Crippen molar-refractivity contribution in [1.82, 2.24) is 29.8 Å². The van der Waals surface area contributed by atoms with Gasteiger partial charge in [0.15, 0.2) is 5.82 Å². The summed E-state index contributed by atoms with van der Waals surface area (Å²) in [7, 11) is 3.58. The van der Waals surface area contributed by atoms with E-state index in [1.807, 2.05) is 6.07 Å². The third kappa shape index (κ3) is 4.58. The molecule has 0 aliphatic heterocycles. The molecule has 0 saturated heterocycles. The Balaban J connectivity index is 1.53. The van der Waals surface area contributed by atoms with Crippen molar-refractivity contribution >= 4 is 28.7 Å². The molecule has 0 aliphatic carbocycles. The van der Waals surface area contributed by atoms with Crippen LogP contribution in [-0.4, -0.2) is 44.5 Å². The van der Waals surface area contributed by atoms with Crippen LogP contribution in [0.4, 0.5) is 11.9 Å². The topological polar surface area (TPSA) is 132 Å². The molecule has 10 heteroatoms. The standard InChI is InChI=1S/C18H22N8O2/c1-25(2)18-23-14(22-17(19)24-18)10-20-15(27)8-5-9-26-11-21-13-7-4-3-6-12(13)16(26)28/h3-4,6-7,11H,5,8-10H2,1-2H3,(H,20,27)(H2,19,22,23,24). The lowest BCUT2D eigenvalue weighted by atomic mass is 10.2. The van der Waals surface area contributed by atoms with E-state index in [1.54, 1.807) is 37.2 Å². The fourth-order valence-electron chi connectivity index (χ4n) is 2.65. The van der Waals surface area contributed by atoms with Crippen LogP contribution in [0.1, 0.15) is 18.7 Å². The number of hydrogen-bond acceptors (Lipinski definition) is 8. The van der Waals surface area contributed by atoms with E-state index in [0.29, 0.717) is 35.6 Å². The Morgan fingerprint density at radius 1 is 1.21 bits per heavy atom. The minimum Gasteiger partial charge on any atom is -0.368 e. The summed E-state index contributed by atoms with van der Waals surface area (Å²) in [6, 6.07) is 7.18. The number of nitrogens with two attached hydrogens (primary N) is 1. The van der Waals surface area contributed by atoms with Crippen LogP contribution in [-0.2, 0) is 17.9 Å². The number of aromatic nitrogens is 5. The largest absolute Gasteiger partial charge is 0.368 e. The van der Waals surface area contributed by atoms with Gasteiger partial charge in [-0.3, -0.25) is 14.2 Å². The number of rotatable bonds is 7. The molecule has 0 atom stereocenters. The van der Waals surface area contributed by atoms with Crippen molar-refractivity contribution < 1.29 is 4.79 Å². The molecule has 28 heavy (non-hydrogen) atoms. The van der Waals surface area contributed by atoms with E-state index in [0.717, 1.165) is 0 Å². The monoisotopic (exact) mass is 382 g/mol. The van der Waals surface area contributed by atoms with Gasteiger partial charge in [0.25, 0.3) is 5.56 Å². The van der Waals surface area contributed by atoms with E-state index < -0.39 is 0 Å². The van der Waals surface area contributed by atoms with E-state index in [4.69, 9.17) is 5.73 Å². The third-order valence-corrected chi connectivity index (χ3v) is 4.07. The van der Waals surface area contributed by atoms with E-state index in [1.165, 1.54) is 10.9 Å². The molecule has 0 aliphatic rings. The van der Waals surface area contributed by atoms with Crippen molar-refractivity contribution in [2.75, 3.05) is 24.7 Å². The maximum atomic E-state index is 12.4. The first-order valence-corrected chi connectivity index (χ1v) is 8.82. The minimum absolute atomic E-state index is 0.103. The second-order valence-electron chi connectivity index (χ2n) is 6.44. The summed E-state index contributed by atoms with van der Waals surface area (Å²) in [4.78, 5) is 42.7. The van der Waals surface area contributed by atoms with E-state index >= 15 is 0 Å². The van der Waals surface area contributed by atoms with Gasteiger partial charge in [0.05, 0.1) is 23.8 Å². The lowest BCUT2D eigenvalue weighted by Gasteiger charge is -2.11. The third-order valence-electron chi connectivity index (χ3n) is 4.07. The van der Waals surface area contributed by atoms with Crippen molar-refractivity contribution in [2.24, 2.45) is 0 Å². The van der Waals surface area contributed by atoms with E-state index in [9.17, 15) is 9.59 Å². The number of carbonyl (C=O) groups excluding carboxylic acids is 1. The SMILES string of the molecule is CN(C)c1nc(N)nc(CNC(=O)CCCn2cnc3ccccc3c2=O)n1. The van der Waals surface area contributed by atoms with E-state index in [2.05, 4.69) is 25.3 Å². The molecule has 2 aromatic heterocycles. The molecule has 3 rings (SSSR count). The van der Waals surface area contributed by atoms with Crippen LogP contribution in [0.5, 0.6) is 0 Å². The van der Waals surface area contributed by atoms with Gasteiger partial charge < -0.3 is 16.0 Å². The average Bonchev–Trinajstić information content (AvgIpc) is 2.68. The summed E-state index contributed by atoms with van der Waals surface area (Å²) in [5, 5.41) is 3.32. The normalized spacial score (nSPS) is 10.8. The zero-order chi connectivity index (χ0) is 20.1. The first kappa shape index (κ1) is 19.2. The number of fused-ring (bicyclic) bond motifs is 1. The summed E-state index contributed by atoms with van der Waals surface area (Å²) < 4.78 is 1.52. The van der Waals surface area contributed by atoms with Crippen molar-refractivity contribution in [2.45, 2.75) is 25.9 Å². The Morgan fingerprint density at radius 2 is 2.00 bits per heavy atom. The van der Waals surface area contributed by atoms with Gasteiger partial charge in [-0.15, -0.1) is 0 Å². The highest BCUT2D eigenvalue weighted by molar-refractivity contribution is 5.77. The molecule has 1 amide bonds. The summed E-state index contributed by atoms with van der Waals surface area (Å²) in [6.45, 7) is 0.567. The number of para-hydroxylation sites is 1. The molecule has 0 spiro atoms. The van der Waals surface area contributed by atoms with Gasteiger partial charge in [-0.2, -0.15) is 15.0 Å². The molecular formula is C18H22N8O2. The molecule has 0 saturated carbocycles. The number of hydrogen-bond donors (Lipinski definition) is 2. The molecule has 0 radical (unpaired) electrons.